The van der Waals surface area contributed by atoms with Gasteiger partial charge in [0, 0.05) is 30.9 Å². The molecule has 0 heterocycles. The molecule has 1 aromatic carbocycles. The van der Waals surface area contributed by atoms with Crippen LogP contribution in [0.4, 0.5) is 5.69 Å². The average Bonchev–Trinajstić information content (AvgIpc) is 2.38. The van der Waals surface area contributed by atoms with E-state index in [1.54, 1.807) is 6.92 Å². The van der Waals surface area contributed by atoms with Crippen LogP contribution in [0.2, 0.25) is 0 Å². The van der Waals surface area contributed by atoms with Crippen LogP contribution in [-0.2, 0) is 4.79 Å². The van der Waals surface area contributed by atoms with E-state index >= 15 is 0 Å². The highest BCUT2D eigenvalue weighted by atomic mass is 16.5. The van der Waals surface area contributed by atoms with Crippen LogP contribution in [0, 0.1) is 0 Å². The molecule has 1 N–H and O–H groups in total. The number of carbonyl (C=O) groups is 1. The van der Waals surface area contributed by atoms with Crippen LogP contribution >= 0.6 is 0 Å². The number of anilines is 1. The third-order valence-corrected chi connectivity index (χ3v) is 2.78. The summed E-state index contributed by atoms with van der Waals surface area (Å²) in [7, 11) is 0. The molecular formula is C15H21NO3. The van der Waals surface area contributed by atoms with Crippen molar-refractivity contribution in [3.63, 3.8) is 0 Å². The molecule has 4 heteroatoms. The minimum absolute atomic E-state index is 0.286. The van der Waals surface area contributed by atoms with Gasteiger partial charge in [0.2, 0.25) is 0 Å². The fourth-order valence-corrected chi connectivity index (χ4v) is 1.81. The molecule has 0 aliphatic rings. The first-order chi connectivity index (χ1) is 9.06. The third kappa shape index (κ3) is 5.04. The molecule has 0 aliphatic heterocycles. The topological polar surface area (TPSA) is 49.8 Å². The summed E-state index contributed by atoms with van der Waals surface area (Å²) in [4.78, 5) is 12.7. The van der Waals surface area contributed by atoms with Crippen LogP contribution in [0.1, 0.15) is 20.8 Å². The Bertz CT molecular complexity index is 450. The molecule has 19 heavy (non-hydrogen) atoms. The summed E-state index contributed by atoms with van der Waals surface area (Å²) in [5, 5.41) is 8.62. The second kappa shape index (κ2) is 7.46. The van der Waals surface area contributed by atoms with Crippen molar-refractivity contribution in [3.8, 4) is 5.75 Å². The van der Waals surface area contributed by atoms with Crippen molar-refractivity contribution in [1.29, 1.82) is 0 Å². The predicted molar refractivity (Wildman–Crippen MR) is 76.9 cm³/mol. The molecule has 4 nitrogen and oxygen atoms in total. The Morgan fingerprint density at radius 2 is 2.05 bits per heavy atom. The van der Waals surface area contributed by atoms with Gasteiger partial charge in [0.05, 0.1) is 0 Å². The Kier molecular flexibility index (Phi) is 5.93. The minimum atomic E-state index is -0.946. The summed E-state index contributed by atoms with van der Waals surface area (Å²) < 4.78 is 5.59. The summed E-state index contributed by atoms with van der Waals surface area (Å²) in [6.45, 7) is 8.12. The molecule has 1 rings (SSSR count). The summed E-state index contributed by atoms with van der Waals surface area (Å²) in [6.07, 6.45) is 1.16. The van der Waals surface area contributed by atoms with E-state index in [1.807, 2.05) is 24.3 Å². The van der Waals surface area contributed by atoms with Crippen molar-refractivity contribution in [2.45, 2.75) is 20.8 Å². The quantitative estimate of drug-likeness (QED) is 0.768. The van der Waals surface area contributed by atoms with Crippen molar-refractivity contribution in [2.24, 2.45) is 0 Å². The summed E-state index contributed by atoms with van der Waals surface area (Å²) in [5.41, 5.74) is 1.79. The Labute approximate surface area is 114 Å². The van der Waals surface area contributed by atoms with Crippen LogP contribution < -0.4 is 9.64 Å². The number of carboxylic acid groups (broad SMARTS) is 1. The number of carboxylic acids is 1. The Morgan fingerprint density at radius 1 is 1.37 bits per heavy atom. The van der Waals surface area contributed by atoms with E-state index in [9.17, 15) is 4.79 Å². The molecular weight excluding hydrogens is 242 g/mol. The molecule has 0 radical (unpaired) electrons. The van der Waals surface area contributed by atoms with Gasteiger partial charge >= 0.3 is 5.97 Å². The maximum atomic E-state index is 10.5. The summed E-state index contributed by atoms with van der Waals surface area (Å²) in [6, 6.07) is 7.83. The van der Waals surface area contributed by atoms with Crippen molar-refractivity contribution >= 4 is 11.7 Å². The molecule has 0 atom stereocenters. The van der Waals surface area contributed by atoms with Crippen molar-refractivity contribution in [2.75, 3.05) is 24.6 Å². The maximum Gasteiger partial charge on any atom is 0.328 e. The summed E-state index contributed by atoms with van der Waals surface area (Å²) >= 11 is 0. The fraction of sp³-hybridized carbons (Fsp3) is 0.400. The highest BCUT2D eigenvalue weighted by Crippen LogP contribution is 2.21. The first kappa shape index (κ1) is 15.1. The first-order valence-electron chi connectivity index (χ1n) is 6.44. The molecule has 0 aromatic heterocycles. The molecule has 0 saturated carbocycles. The van der Waals surface area contributed by atoms with Crippen LogP contribution in [-0.4, -0.2) is 30.8 Å². The number of hydrogen-bond donors (Lipinski definition) is 1. The standard InChI is InChI=1S/C15H21NO3/c1-4-16(5-2)13-7-6-8-14(10-13)19-11-12(3)9-15(17)18/h6-10H,4-5,11H2,1-3H3,(H,17,18). The Hall–Kier alpha value is -1.97. The number of ether oxygens (including phenoxy) is 1. The van der Waals surface area contributed by atoms with Gasteiger partial charge in [0.15, 0.2) is 0 Å². The van der Waals surface area contributed by atoms with E-state index in [2.05, 4.69) is 18.7 Å². The van der Waals surface area contributed by atoms with Gasteiger partial charge in [0.25, 0.3) is 0 Å². The van der Waals surface area contributed by atoms with Crippen LogP contribution in [0.25, 0.3) is 0 Å². The van der Waals surface area contributed by atoms with Crippen molar-refractivity contribution in [1.82, 2.24) is 0 Å². The molecule has 0 unspecified atom stereocenters. The zero-order valence-corrected chi connectivity index (χ0v) is 11.7. The molecule has 1 aromatic rings. The largest absolute Gasteiger partial charge is 0.489 e. The summed E-state index contributed by atoms with van der Waals surface area (Å²) in [5.74, 6) is -0.194. The normalized spacial score (nSPS) is 11.2. The van der Waals surface area contributed by atoms with Gasteiger partial charge < -0.3 is 14.7 Å². The van der Waals surface area contributed by atoms with E-state index in [4.69, 9.17) is 9.84 Å². The Balaban J connectivity index is 2.70. The van der Waals surface area contributed by atoms with Crippen LogP contribution in [0.3, 0.4) is 0 Å². The maximum absolute atomic E-state index is 10.5. The number of hydrogen-bond acceptors (Lipinski definition) is 3. The minimum Gasteiger partial charge on any atom is -0.489 e. The molecule has 0 fully saturated rings. The van der Waals surface area contributed by atoms with E-state index in [1.165, 1.54) is 0 Å². The first-order valence-corrected chi connectivity index (χ1v) is 6.44. The van der Waals surface area contributed by atoms with Gasteiger partial charge in [-0.15, -0.1) is 0 Å². The number of nitrogens with zero attached hydrogens (tertiary/aromatic N) is 1. The SMILES string of the molecule is CCN(CC)c1cccc(OCC(C)=CC(=O)O)c1. The van der Waals surface area contributed by atoms with Gasteiger partial charge in [-0.05, 0) is 38.5 Å². The fourth-order valence-electron chi connectivity index (χ4n) is 1.81. The van der Waals surface area contributed by atoms with Gasteiger partial charge in [0.1, 0.15) is 12.4 Å². The second-order valence-corrected chi connectivity index (χ2v) is 4.29. The molecule has 0 aliphatic carbocycles. The lowest BCUT2D eigenvalue weighted by atomic mass is 10.2. The number of aliphatic carboxylic acids is 1. The second-order valence-electron chi connectivity index (χ2n) is 4.29. The van der Waals surface area contributed by atoms with E-state index in [0.29, 0.717) is 5.57 Å². The van der Waals surface area contributed by atoms with E-state index in [-0.39, 0.29) is 6.61 Å². The molecule has 0 spiro atoms. The lowest BCUT2D eigenvalue weighted by Crippen LogP contribution is -2.21. The van der Waals surface area contributed by atoms with Crippen LogP contribution in [0.15, 0.2) is 35.9 Å². The van der Waals surface area contributed by atoms with Crippen molar-refractivity contribution < 1.29 is 14.6 Å². The highest BCUT2D eigenvalue weighted by molar-refractivity contribution is 5.80. The van der Waals surface area contributed by atoms with Gasteiger partial charge in [-0.25, -0.2) is 4.79 Å². The third-order valence-electron chi connectivity index (χ3n) is 2.78. The van der Waals surface area contributed by atoms with Crippen LogP contribution in [0.5, 0.6) is 5.75 Å². The average molecular weight is 263 g/mol. The zero-order chi connectivity index (χ0) is 14.3. The smallest absolute Gasteiger partial charge is 0.328 e. The van der Waals surface area contributed by atoms with E-state index < -0.39 is 5.97 Å². The van der Waals surface area contributed by atoms with E-state index in [0.717, 1.165) is 30.6 Å². The lowest BCUT2D eigenvalue weighted by molar-refractivity contribution is -0.131. The number of benzene rings is 1. The lowest BCUT2D eigenvalue weighted by Gasteiger charge is -2.21. The molecule has 0 saturated heterocycles. The highest BCUT2D eigenvalue weighted by Gasteiger charge is 2.03. The molecule has 104 valence electrons. The molecule has 0 bridgehead atoms. The Morgan fingerprint density at radius 3 is 2.63 bits per heavy atom. The monoisotopic (exact) mass is 263 g/mol. The number of rotatable bonds is 7. The van der Waals surface area contributed by atoms with Crippen molar-refractivity contribution in [3.05, 3.63) is 35.9 Å². The van der Waals surface area contributed by atoms with Gasteiger partial charge in [-0.1, -0.05) is 6.07 Å². The van der Waals surface area contributed by atoms with Gasteiger partial charge in [-0.2, -0.15) is 0 Å². The zero-order valence-electron chi connectivity index (χ0n) is 11.7. The molecule has 0 amide bonds. The van der Waals surface area contributed by atoms with Gasteiger partial charge in [-0.3, -0.25) is 0 Å². The predicted octanol–water partition coefficient (Wildman–Crippen LogP) is 2.94.